The third-order valence-corrected chi connectivity index (χ3v) is 2.27. The first-order valence-electron chi connectivity index (χ1n) is 5.59. The second kappa shape index (κ2) is 7.07. The Morgan fingerprint density at radius 1 is 1.15 bits per heavy atom. The molecule has 1 aromatic carbocycles. The molecule has 1 aromatic rings. The van der Waals surface area contributed by atoms with Gasteiger partial charge in [-0.3, -0.25) is 9.59 Å². The molecule has 0 atom stereocenters. The molecule has 0 saturated heterocycles. The first kappa shape index (κ1) is 15.4. The van der Waals surface area contributed by atoms with E-state index in [2.05, 4.69) is 5.32 Å². The summed E-state index contributed by atoms with van der Waals surface area (Å²) in [6.45, 7) is -1.51. The lowest BCUT2D eigenvalue weighted by Gasteiger charge is -2.19. The van der Waals surface area contributed by atoms with Crippen molar-refractivity contribution in [3.63, 3.8) is 0 Å². The monoisotopic (exact) mass is 284 g/mol. The van der Waals surface area contributed by atoms with Crippen LogP contribution in [0.3, 0.4) is 0 Å². The summed E-state index contributed by atoms with van der Waals surface area (Å²) < 4.78 is 12.9. The Balaban J connectivity index is 2.61. The molecule has 0 bridgehead atoms. The molecule has 1 rings (SSSR count). The first-order chi connectivity index (χ1) is 9.38. The predicted octanol–water partition coefficient (Wildman–Crippen LogP) is 0.507. The average molecular weight is 284 g/mol. The zero-order chi connectivity index (χ0) is 15.1. The molecule has 0 heterocycles. The van der Waals surface area contributed by atoms with Gasteiger partial charge in [-0.25, -0.2) is 9.18 Å². The largest absolute Gasteiger partial charge is 0.480 e. The van der Waals surface area contributed by atoms with Crippen LogP contribution in [0.4, 0.5) is 9.18 Å². The van der Waals surface area contributed by atoms with Gasteiger partial charge in [0.1, 0.15) is 18.9 Å². The van der Waals surface area contributed by atoms with Crippen LogP contribution >= 0.6 is 0 Å². The molecule has 0 spiro atoms. The van der Waals surface area contributed by atoms with Crippen LogP contribution in [0.15, 0.2) is 24.3 Å². The molecule has 20 heavy (non-hydrogen) atoms. The van der Waals surface area contributed by atoms with Crippen LogP contribution in [0.1, 0.15) is 5.56 Å². The summed E-state index contributed by atoms with van der Waals surface area (Å²) in [6.07, 6.45) is 0. The van der Waals surface area contributed by atoms with Crippen molar-refractivity contribution in [1.29, 1.82) is 0 Å². The molecule has 2 amide bonds. The van der Waals surface area contributed by atoms with Crippen LogP contribution in [0.2, 0.25) is 0 Å². The molecule has 7 nitrogen and oxygen atoms in total. The molecular formula is C12H13FN2O5. The summed E-state index contributed by atoms with van der Waals surface area (Å²) >= 11 is 0. The highest BCUT2D eigenvalue weighted by atomic mass is 19.1. The molecule has 3 N–H and O–H groups in total. The number of nitrogens with one attached hydrogen (secondary N) is 1. The Bertz CT molecular complexity index is 504. The van der Waals surface area contributed by atoms with Crippen molar-refractivity contribution in [3.8, 4) is 0 Å². The highest BCUT2D eigenvalue weighted by molar-refractivity contribution is 5.84. The molecule has 0 unspecified atom stereocenters. The number of rotatable bonds is 6. The van der Waals surface area contributed by atoms with E-state index in [1.807, 2.05) is 0 Å². The van der Waals surface area contributed by atoms with E-state index >= 15 is 0 Å². The molecule has 0 aliphatic heterocycles. The van der Waals surface area contributed by atoms with Gasteiger partial charge in [0.25, 0.3) is 0 Å². The maximum atomic E-state index is 12.9. The number of urea groups is 1. The van der Waals surface area contributed by atoms with Gasteiger partial charge in [-0.05, 0) is 17.7 Å². The molecule has 0 aliphatic carbocycles. The van der Waals surface area contributed by atoms with Crippen molar-refractivity contribution in [2.45, 2.75) is 6.54 Å². The summed E-state index contributed by atoms with van der Waals surface area (Å²) in [5.74, 6) is -3.12. The van der Waals surface area contributed by atoms with E-state index < -0.39 is 36.9 Å². The van der Waals surface area contributed by atoms with Crippen LogP contribution in [-0.2, 0) is 16.1 Å². The van der Waals surface area contributed by atoms with Crippen molar-refractivity contribution in [1.82, 2.24) is 10.2 Å². The minimum Gasteiger partial charge on any atom is -0.480 e. The molecule has 0 radical (unpaired) electrons. The summed E-state index contributed by atoms with van der Waals surface area (Å²) in [4.78, 5) is 33.4. The smallest absolute Gasteiger partial charge is 0.323 e. The normalized spacial score (nSPS) is 9.85. The fraction of sp³-hybridized carbons (Fsp3) is 0.250. The van der Waals surface area contributed by atoms with E-state index in [0.29, 0.717) is 10.5 Å². The highest BCUT2D eigenvalue weighted by Gasteiger charge is 2.19. The van der Waals surface area contributed by atoms with Crippen LogP contribution in [0.5, 0.6) is 0 Å². The van der Waals surface area contributed by atoms with E-state index in [4.69, 9.17) is 10.2 Å². The lowest BCUT2D eigenvalue weighted by atomic mass is 10.2. The van der Waals surface area contributed by atoms with Gasteiger partial charge in [0, 0.05) is 6.54 Å². The number of hydrogen-bond donors (Lipinski definition) is 3. The first-order valence-corrected chi connectivity index (χ1v) is 5.59. The molecule has 8 heteroatoms. The molecule has 0 fully saturated rings. The van der Waals surface area contributed by atoms with E-state index in [-0.39, 0.29) is 6.54 Å². The topological polar surface area (TPSA) is 107 Å². The standard InChI is InChI=1S/C12H13FN2O5/c13-9-3-1-2-8(4-9)5-14-12(20)15(6-10(16)17)7-11(18)19/h1-4H,5-7H2,(H,14,20)(H,16,17)(H,18,19). The quantitative estimate of drug-likeness (QED) is 0.705. The molecule has 108 valence electrons. The number of carboxylic acid groups (broad SMARTS) is 2. The third-order valence-electron chi connectivity index (χ3n) is 2.27. The lowest BCUT2D eigenvalue weighted by Crippen LogP contribution is -2.45. The van der Waals surface area contributed by atoms with Crippen molar-refractivity contribution in [3.05, 3.63) is 35.6 Å². The van der Waals surface area contributed by atoms with Crippen LogP contribution in [0.25, 0.3) is 0 Å². The Morgan fingerprint density at radius 2 is 1.75 bits per heavy atom. The second-order valence-corrected chi connectivity index (χ2v) is 3.93. The summed E-state index contributed by atoms with van der Waals surface area (Å²) in [5.41, 5.74) is 0.476. The van der Waals surface area contributed by atoms with E-state index in [1.54, 1.807) is 6.07 Å². The van der Waals surface area contributed by atoms with Crippen molar-refractivity contribution >= 4 is 18.0 Å². The van der Waals surface area contributed by atoms with Gasteiger partial charge < -0.3 is 20.4 Å². The van der Waals surface area contributed by atoms with Crippen molar-refractivity contribution < 1.29 is 29.0 Å². The Kier molecular flexibility index (Phi) is 5.45. The number of aliphatic carboxylic acids is 2. The van der Waals surface area contributed by atoms with Gasteiger partial charge >= 0.3 is 18.0 Å². The Hall–Kier alpha value is -2.64. The minimum absolute atomic E-state index is 0.0354. The number of nitrogens with zero attached hydrogens (tertiary/aromatic N) is 1. The molecule has 0 aromatic heterocycles. The van der Waals surface area contributed by atoms with Crippen molar-refractivity contribution in [2.24, 2.45) is 0 Å². The van der Waals surface area contributed by atoms with Gasteiger partial charge in [0.15, 0.2) is 0 Å². The fourth-order valence-corrected chi connectivity index (χ4v) is 1.46. The predicted molar refractivity (Wildman–Crippen MR) is 65.5 cm³/mol. The van der Waals surface area contributed by atoms with E-state index in [1.165, 1.54) is 18.2 Å². The van der Waals surface area contributed by atoms with E-state index in [9.17, 15) is 18.8 Å². The average Bonchev–Trinajstić information content (AvgIpc) is 2.34. The zero-order valence-electron chi connectivity index (χ0n) is 10.4. The van der Waals surface area contributed by atoms with E-state index in [0.717, 1.165) is 0 Å². The number of benzene rings is 1. The van der Waals surface area contributed by atoms with Gasteiger partial charge in [-0.15, -0.1) is 0 Å². The van der Waals surface area contributed by atoms with Gasteiger partial charge in [0.2, 0.25) is 0 Å². The zero-order valence-corrected chi connectivity index (χ0v) is 10.4. The number of amides is 2. The SMILES string of the molecule is O=C(O)CN(CC(=O)O)C(=O)NCc1cccc(F)c1. The second-order valence-electron chi connectivity index (χ2n) is 3.93. The Labute approximate surface area is 113 Å². The van der Waals surface area contributed by atoms with Crippen LogP contribution in [-0.4, -0.2) is 46.2 Å². The number of halogens is 1. The maximum Gasteiger partial charge on any atom is 0.323 e. The fourth-order valence-electron chi connectivity index (χ4n) is 1.46. The summed E-state index contributed by atoms with van der Waals surface area (Å²) in [7, 11) is 0. The molecular weight excluding hydrogens is 271 g/mol. The molecule has 0 aliphatic rings. The highest BCUT2D eigenvalue weighted by Crippen LogP contribution is 2.03. The minimum atomic E-state index is -1.33. The Morgan fingerprint density at radius 3 is 2.25 bits per heavy atom. The number of carbonyl (C=O) groups excluding carboxylic acids is 1. The van der Waals surface area contributed by atoms with Gasteiger partial charge in [-0.2, -0.15) is 0 Å². The molecule has 0 saturated carbocycles. The number of carbonyl (C=O) groups is 3. The third kappa shape index (κ3) is 5.34. The van der Waals surface area contributed by atoms with Crippen LogP contribution < -0.4 is 5.32 Å². The van der Waals surface area contributed by atoms with Gasteiger partial charge in [-0.1, -0.05) is 12.1 Å². The van der Waals surface area contributed by atoms with Crippen LogP contribution in [0, 0.1) is 5.82 Å². The summed E-state index contributed by atoms with van der Waals surface area (Å²) in [6, 6.07) is 4.63. The van der Waals surface area contributed by atoms with Gasteiger partial charge in [0.05, 0.1) is 0 Å². The van der Waals surface area contributed by atoms with Crippen molar-refractivity contribution in [2.75, 3.05) is 13.1 Å². The maximum absolute atomic E-state index is 12.9. The number of hydrogen-bond acceptors (Lipinski definition) is 3. The summed E-state index contributed by atoms with van der Waals surface area (Å²) in [5, 5.41) is 19.5. The number of carboxylic acids is 2. The lowest BCUT2D eigenvalue weighted by molar-refractivity contribution is -0.140.